The average Bonchev–Trinajstić information content (AvgIpc) is 3.16. The number of nitrogens with zero attached hydrogens (tertiary/aromatic N) is 1. The first-order valence-electron chi connectivity index (χ1n) is 8.09. The molecule has 1 aromatic heterocycles. The molecule has 3 rings (SSSR count). The van der Waals surface area contributed by atoms with Crippen molar-refractivity contribution >= 4 is 33.4 Å². The number of nitrogens with one attached hydrogen (secondary N) is 2. The molecule has 0 spiro atoms. The number of hydrogen-bond donors (Lipinski definition) is 2. The summed E-state index contributed by atoms with van der Waals surface area (Å²) in [6.45, 7) is 4.05. The summed E-state index contributed by atoms with van der Waals surface area (Å²) in [7, 11) is 0. The van der Waals surface area contributed by atoms with Gasteiger partial charge in [-0.3, -0.25) is 9.59 Å². The summed E-state index contributed by atoms with van der Waals surface area (Å²) < 4.78 is 14.1. The summed E-state index contributed by atoms with van der Waals surface area (Å²) in [4.78, 5) is 29.8. The minimum Gasteiger partial charge on any atom is -0.345 e. The van der Waals surface area contributed by atoms with E-state index in [1.807, 2.05) is 6.92 Å². The van der Waals surface area contributed by atoms with E-state index >= 15 is 0 Å². The number of anilines is 1. The van der Waals surface area contributed by atoms with Crippen LogP contribution >= 0.6 is 15.9 Å². The Morgan fingerprint density at radius 1 is 1.32 bits per heavy atom. The van der Waals surface area contributed by atoms with Crippen molar-refractivity contribution in [2.45, 2.75) is 26.3 Å². The van der Waals surface area contributed by atoms with Crippen LogP contribution in [0.4, 0.5) is 10.1 Å². The third kappa shape index (κ3) is 3.61. The highest BCUT2D eigenvalue weighted by molar-refractivity contribution is 9.10. The molecule has 1 saturated heterocycles. The molecule has 0 unspecified atom stereocenters. The second-order valence-electron chi connectivity index (χ2n) is 6.31. The highest BCUT2D eigenvalue weighted by atomic mass is 79.9. The Bertz CT molecular complexity index is 820. The molecule has 2 aromatic rings. The van der Waals surface area contributed by atoms with E-state index in [2.05, 4.69) is 26.2 Å². The number of aromatic nitrogens is 1. The Balaban J connectivity index is 1.68. The number of hydrogen-bond acceptors (Lipinski definition) is 2. The molecule has 0 aliphatic carbocycles. The van der Waals surface area contributed by atoms with Crippen LogP contribution in [0.3, 0.4) is 0 Å². The van der Waals surface area contributed by atoms with Gasteiger partial charge in [-0.1, -0.05) is 0 Å². The molecule has 5 nitrogen and oxygen atoms in total. The molecule has 7 heteroatoms. The van der Waals surface area contributed by atoms with Crippen molar-refractivity contribution in [2.24, 2.45) is 5.92 Å². The number of benzene rings is 1. The summed E-state index contributed by atoms with van der Waals surface area (Å²) in [6.07, 6.45) is 0.598. The third-order valence-electron chi connectivity index (χ3n) is 4.66. The summed E-state index contributed by atoms with van der Waals surface area (Å²) in [6, 6.07) is 7.76. The maximum Gasteiger partial charge on any atom is 0.270 e. The van der Waals surface area contributed by atoms with Gasteiger partial charge < -0.3 is 15.2 Å². The maximum atomic E-state index is 13.3. The molecule has 1 aliphatic rings. The number of aryl methyl sites for hydroxylation is 1. The second kappa shape index (κ2) is 7.00. The first-order chi connectivity index (χ1) is 11.9. The molecule has 1 aliphatic heterocycles. The Kier molecular flexibility index (Phi) is 4.94. The molecule has 2 atom stereocenters. The zero-order valence-electron chi connectivity index (χ0n) is 14.0. The number of carbonyl (C=O) groups excluding carboxylic acids is 2. The number of aromatic amines is 1. The number of rotatable bonds is 3. The van der Waals surface area contributed by atoms with Crippen molar-refractivity contribution in [1.82, 2.24) is 9.88 Å². The fraction of sp³-hybridized carbons (Fsp3) is 0.333. The summed E-state index contributed by atoms with van der Waals surface area (Å²) >= 11 is 3.29. The normalized spacial score (nSPS) is 19.9. The fourth-order valence-corrected chi connectivity index (χ4v) is 3.53. The van der Waals surface area contributed by atoms with Crippen LogP contribution in [0.2, 0.25) is 0 Å². The monoisotopic (exact) mass is 407 g/mol. The largest absolute Gasteiger partial charge is 0.345 e. The van der Waals surface area contributed by atoms with Gasteiger partial charge in [0.05, 0.1) is 10.5 Å². The van der Waals surface area contributed by atoms with Crippen molar-refractivity contribution in [1.29, 1.82) is 0 Å². The van der Waals surface area contributed by atoms with E-state index in [0.29, 0.717) is 29.9 Å². The third-order valence-corrected chi connectivity index (χ3v) is 5.12. The van der Waals surface area contributed by atoms with Crippen LogP contribution in [0, 0.1) is 18.7 Å². The van der Waals surface area contributed by atoms with E-state index in [1.165, 1.54) is 6.07 Å². The minimum atomic E-state index is -0.305. The number of halogens is 2. The molecule has 0 radical (unpaired) electrons. The van der Waals surface area contributed by atoms with Gasteiger partial charge in [0.25, 0.3) is 5.91 Å². The predicted octanol–water partition coefficient (Wildman–Crippen LogP) is 3.71. The molecule has 132 valence electrons. The highest BCUT2D eigenvalue weighted by Crippen LogP contribution is 2.27. The molecule has 1 fully saturated rings. The van der Waals surface area contributed by atoms with E-state index in [0.717, 1.165) is 4.60 Å². The minimum absolute atomic E-state index is 0.119. The number of amides is 2. The van der Waals surface area contributed by atoms with Crippen LogP contribution < -0.4 is 5.32 Å². The van der Waals surface area contributed by atoms with E-state index < -0.39 is 0 Å². The van der Waals surface area contributed by atoms with Gasteiger partial charge in [-0.05, 0) is 72.1 Å². The maximum absolute atomic E-state index is 13.3. The van der Waals surface area contributed by atoms with Crippen LogP contribution in [0.25, 0.3) is 0 Å². The molecule has 2 heterocycles. The van der Waals surface area contributed by atoms with Gasteiger partial charge in [0.1, 0.15) is 11.5 Å². The van der Waals surface area contributed by atoms with Gasteiger partial charge in [-0.25, -0.2) is 4.39 Å². The lowest BCUT2D eigenvalue weighted by Crippen LogP contribution is -2.39. The fourth-order valence-electron chi connectivity index (χ4n) is 3.18. The molecule has 0 bridgehead atoms. The van der Waals surface area contributed by atoms with Crippen molar-refractivity contribution in [3.63, 3.8) is 0 Å². The van der Waals surface area contributed by atoms with E-state index in [9.17, 15) is 14.0 Å². The Morgan fingerprint density at radius 2 is 2.08 bits per heavy atom. The zero-order chi connectivity index (χ0) is 18.1. The lowest BCUT2D eigenvalue weighted by Gasteiger charge is -2.24. The zero-order valence-corrected chi connectivity index (χ0v) is 15.6. The molecule has 2 N–H and O–H groups in total. The second-order valence-corrected chi connectivity index (χ2v) is 7.16. The molecule has 1 aromatic carbocycles. The van der Waals surface area contributed by atoms with Gasteiger partial charge >= 0.3 is 0 Å². The number of likely N-dealkylation sites (tertiary alicyclic amines) is 1. The molecular formula is C18H19BrFN3O2. The van der Waals surface area contributed by atoms with Crippen molar-refractivity contribution in [2.75, 3.05) is 11.9 Å². The van der Waals surface area contributed by atoms with Gasteiger partial charge in [0, 0.05) is 18.3 Å². The highest BCUT2D eigenvalue weighted by Gasteiger charge is 2.38. The molecule has 0 saturated carbocycles. The van der Waals surface area contributed by atoms with Crippen LogP contribution in [0.1, 0.15) is 29.4 Å². The Labute approximate surface area is 153 Å². The van der Waals surface area contributed by atoms with Crippen molar-refractivity contribution in [3.05, 3.63) is 52.0 Å². The van der Waals surface area contributed by atoms with Crippen LogP contribution in [-0.4, -0.2) is 34.3 Å². The first kappa shape index (κ1) is 17.7. The van der Waals surface area contributed by atoms with Crippen molar-refractivity contribution < 1.29 is 14.0 Å². The van der Waals surface area contributed by atoms with E-state index in [4.69, 9.17) is 0 Å². The van der Waals surface area contributed by atoms with Gasteiger partial charge in [0.15, 0.2) is 0 Å². The van der Waals surface area contributed by atoms with E-state index in [1.54, 1.807) is 36.1 Å². The topological polar surface area (TPSA) is 65.2 Å². The van der Waals surface area contributed by atoms with Crippen LogP contribution in [0.15, 0.2) is 34.9 Å². The SMILES string of the molecule is Cc1cc(NC(=O)[C@H]2CCN(C(=O)c3ccc(Br)[nH]3)[C@H]2C)ccc1F. The quantitative estimate of drug-likeness (QED) is 0.813. The Morgan fingerprint density at radius 3 is 2.72 bits per heavy atom. The van der Waals surface area contributed by atoms with Gasteiger partial charge in [-0.2, -0.15) is 0 Å². The lowest BCUT2D eigenvalue weighted by atomic mass is 10.0. The molecular weight excluding hydrogens is 389 g/mol. The summed E-state index contributed by atoms with van der Waals surface area (Å²) in [5.41, 5.74) is 1.54. The summed E-state index contributed by atoms with van der Waals surface area (Å²) in [5, 5.41) is 2.83. The smallest absolute Gasteiger partial charge is 0.270 e. The first-order valence-corrected chi connectivity index (χ1v) is 8.88. The van der Waals surface area contributed by atoms with Crippen LogP contribution in [0.5, 0.6) is 0 Å². The van der Waals surface area contributed by atoms with E-state index in [-0.39, 0.29) is 29.6 Å². The number of carbonyl (C=O) groups is 2. The lowest BCUT2D eigenvalue weighted by molar-refractivity contribution is -0.120. The predicted molar refractivity (Wildman–Crippen MR) is 96.9 cm³/mol. The summed E-state index contributed by atoms with van der Waals surface area (Å²) in [5.74, 6) is -0.874. The standard InChI is InChI=1S/C18H19BrFN3O2/c1-10-9-12(3-4-14(10)20)21-17(24)13-7-8-23(11(13)2)18(25)15-5-6-16(19)22-15/h3-6,9,11,13,22H,7-8H2,1-2H3,(H,21,24)/t11-,13-/m0/s1. The Hall–Kier alpha value is -2.15. The van der Waals surface area contributed by atoms with Gasteiger partial charge in [-0.15, -0.1) is 0 Å². The number of H-pyrrole nitrogens is 1. The van der Waals surface area contributed by atoms with Crippen molar-refractivity contribution in [3.8, 4) is 0 Å². The van der Waals surface area contributed by atoms with Gasteiger partial charge in [0.2, 0.25) is 5.91 Å². The average molecular weight is 408 g/mol. The molecule has 25 heavy (non-hydrogen) atoms. The molecule has 2 amide bonds. The van der Waals surface area contributed by atoms with Crippen LogP contribution in [-0.2, 0) is 4.79 Å².